The van der Waals surface area contributed by atoms with Crippen molar-refractivity contribution in [1.82, 2.24) is 10.3 Å². The molecule has 1 atom stereocenters. The number of aryl methyl sites for hydroxylation is 1. The van der Waals surface area contributed by atoms with Crippen LogP contribution in [0.5, 0.6) is 0 Å². The number of primary amides is 1. The first-order chi connectivity index (χ1) is 19.2. The Bertz CT molecular complexity index is 1300. The molecule has 0 saturated heterocycles. The molecule has 0 aliphatic heterocycles. The molecule has 11 heteroatoms. The van der Waals surface area contributed by atoms with E-state index in [4.69, 9.17) is 11.5 Å². The van der Waals surface area contributed by atoms with Gasteiger partial charge in [-0.1, -0.05) is 44.4 Å². The third-order valence-electron chi connectivity index (χ3n) is 6.52. The topological polar surface area (TPSA) is 164 Å². The zero-order chi connectivity index (χ0) is 29.0. The molecular weight excluding hydrogens is 528 g/mol. The first-order valence-electron chi connectivity index (χ1n) is 13.6. The number of nitrogens with one attached hydrogen (secondary N) is 2. The molecule has 216 valence electrons. The van der Waals surface area contributed by atoms with E-state index in [9.17, 15) is 18.3 Å². The quantitative estimate of drug-likeness (QED) is 0.162. The van der Waals surface area contributed by atoms with Crippen LogP contribution >= 0.6 is 0 Å². The molecule has 0 radical (unpaired) electrons. The number of unbranched alkanes of at least 4 members (excludes halogenated alkanes) is 3. The predicted molar refractivity (Wildman–Crippen MR) is 160 cm³/mol. The summed E-state index contributed by atoms with van der Waals surface area (Å²) in [5.41, 5.74) is 13.9. The van der Waals surface area contributed by atoms with Gasteiger partial charge in [-0.25, -0.2) is 18.2 Å². The normalized spacial score (nSPS) is 12.2. The molecule has 3 rings (SSSR count). The number of pyridine rings is 1. The van der Waals surface area contributed by atoms with Crippen LogP contribution in [0.3, 0.4) is 0 Å². The Balaban J connectivity index is 1.46. The fourth-order valence-electron chi connectivity index (χ4n) is 4.21. The number of nitrogens with zero attached hydrogens (tertiary/aromatic N) is 2. The smallest absolute Gasteiger partial charge is 0.319 e. The summed E-state index contributed by atoms with van der Waals surface area (Å²) >= 11 is 0. The number of carbonyl (C=O) groups excluding carboxylic acids is 1. The van der Waals surface area contributed by atoms with Gasteiger partial charge >= 0.3 is 6.03 Å². The van der Waals surface area contributed by atoms with E-state index in [1.807, 2.05) is 12.1 Å². The first kappa shape index (κ1) is 30.9. The number of benzene rings is 2. The minimum absolute atomic E-state index is 0.0961. The highest BCUT2D eigenvalue weighted by Crippen LogP contribution is 2.22. The number of nitrogens with two attached hydrogens (primary N) is 2. The SMILES string of the molecule is CCCCCCN(C(N)=O)c1ccc(S(=O)(=O)Nc2ccc(CCCNCC(O)c3ccc(N)nc3)cc2)cc1. The van der Waals surface area contributed by atoms with Crippen LogP contribution in [-0.4, -0.2) is 44.2 Å². The monoisotopic (exact) mass is 568 g/mol. The number of urea groups is 1. The lowest BCUT2D eigenvalue weighted by Gasteiger charge is -2.21. The van der Waals surface area contributed by atoms with Crippen LogP contribution in [0.15, 0.2) is 71.8 Å². The van der Waals surface area contributed by atoms with Crippen molar-refractivity contribution < 1.29 is 18.3 Å². The molecule has 1 aromatic heterocycles. The molecule has 40 heavy (non-hydrogen) atoms. The molecule has 1 unspecified atom stereocenters. The Morgan fingerprint density at radius 2 is 1.73 bits per heavy atom. The van der Waals surface area contributed by atoms with Gasteiger partial charge in [0.2, 0.25) is 0 Å². The molecule has 0 saturated carbocycles. The molecule has 0 fully saturated rings. The Kier molecular flexibility index (Phi) is 11.7. The lowest BCUT2D eigenvalue weighted by Crippen LogP contribution is -2.36. The number of hydrogen-bond donors (Lipinski definition) is 5. The molecule has 0 aliphatic carbocycles. The van der Waals surface area contributed by atoms with E-state index >= 15 is 0 Å². The number of aliphatic hydroxyl groups is 1. The second-order valence-electron chi connectivity index (χ2n) is 9.69. The van der Waals surface area contributed by atoms with E-state index in [-0.39, 0.29) is 4.90 Å². The summed E-state index contributed by atoms with van der Waals surface area (Å²) in [5.74, 6) is 0.415. The Hall–Kier alpha value is -3.67. The van der Waals surface area contributed by atoms with Crippen molar-refractivity contribution >= 4 is 33.2 Å². The van der Waals surface area contributed by atoms with Crippen molar-refractivity contribution in [2.45, 2.75) is 56.4 Å². The van der Waals surface area contributed by atoms with Gasteiger partial charge in [-0.15, -0.1) is 0 Å². The highest BCUT2D eigenvalue weighted by molar-refractivity contribution is 7.92. The van der Waals surface area contributed by atoms with Crippen LogP contribution in [0, 0.1) is 0 Å². The van der Waals surface area contributed by atoms with E-state index in [2.05, 4.69) is 21.9 Å². The van der Waals surface area contributed by atoms with E-state index in [0.717, 1.165) is 50.6 Å². The predicted octanol–water partition coefficient (Wildman–Crippen LogP) is 4.19. The molecule has 1 heterocycles. The molecule has 0 bridgehead atoms. The zero-order valence-electron chi connectivity index (χ0n) is 22.9. The number of aromatic nitrogens is 1. The maximum Gasteiger partial charge on any atom is 0.319 e. The zero-order valence-corrected chi connectivity index (χ0v) is 23.7. The van der Waals surface area contributed by atoms with Gasteiger partial charge in [-0.05, 0) is 73.8 Å². The van der Waals surface area contributed by atoms with Gasteiger partial charge < -0.3 is 21.9 Å². The lowest BCUT2D eigenvalue weighted by molar-refractivity contribution is 0.174. The second-order valence-corrected chi connectivity index (χ2v) is 11.4. The summed E-state index contributed by atoms with van der Waals surface area (Å²) in [6.45, 7) is 3.74. The third-order valence-corrected chi connectivity index (χ3v) is 7.91. The van der Waals surface area contributed by atoms with Crippen molar-refractivity contribution in [3.05, 3.63) is 78.0 Å². The number of nitrogen functional groups attached to an aromatic ring is 1. The third kappa shape index (κ3) is 9.51. The van der Waals surface area contributed by atoms with E-state index in [0.29, 0.717) is 35.8 Å². The molecule has 0 spiro atoms. The summed E-state index contributed by atoms with van der Waals surface area (Å²) in [5, 5.41) is 13.5. The second kappa shape index (κ2) is 15.2. The maximum absolute atomic E-state index is 12.9. The van der Waals surface area contributed by atoms with Crippen LogP contribution in [0.25, 0.3) is 0 Å². The number of rotatable bonds is 16. The van der Waals surface area contributed by atoms with Crippen molar-refractivity contribution in [3.63, 3.8) is 0 Å². The number of hydrogen-bond acceptors (Lipinski definition) is 7. The Morgan fingerprint density at radius 3 is 2.35 bits per heavy atom. The van der Waals surface area contributed by atoms with Crippen molar-refractivity contribution in [1.29, 1.82) is 0 Å². The van der Waals surface area contributed by atoms with E-state index in [1.165, 1.54) is 17.0 Å². The minimum Gasteiger partial charge on any atom is -0.387 e. The average molecular weight is 569 g/mol. The van der Waals surface area contributed by atoms with Crippen molar-refractivity contribution in [2.75, 3.05) is 35.0 Å². The standard InChI is InChI=1S/C29H40N6O4S/c1-2-3-4-5-19-35(29(31)37)25-13-15-26(16-14-25)40(38,39)34-24-11-8-22(9-12-24)7-6-18-32-21-27(36)23-10-17-28(30)33-20-23/h8-17,20,27,32,34,36H,2-7,18-19,21H2,1H3,(H2,30,33)(H2,31,37). The van der Waals surface area contributed by atoms with Crippen molar-refractivity contribution in [2.24, 2.45) is 5.73 Å². The number of carbonyl (C=O) groups is 1. The van der Waals surface area contributed by atoms with E-state index < -0.39 is 22.2 Å². The van der Waals surface area contributed by atoms with Gasteiger partial charge in [0, 0.05) is 36.2 Å². The molecule has 10 nitrogen and oxygen atoms in total. The van der Waals surface area contributed by atoms with Gasteiger partial charge in [0.25, 0.3) is 10.0 Å². The summed E-state index contributed by atoms with van der Waals surface area (Å²) in [7, 11) is -3.80. The molecule has 3 aromatic rings. The fourth-order valence-corrected chi connectivity index (χ4v) is 5.27. The number of aliphatic hydroxyl groups excluding tert-OH is 1. The van der Waals surface area contributed by atoms with Gasteiger partial charge in [-0.2, -0.15) is 0 Å². The van der Waals surface area contributed by atoms with Gasteiger partial charge in [0.1, 0.15) is 5.82 Å². The molecule has 0 aliphatic rings. The highest BCUT2D eigenvalue weighted by Gasteiger charge is 2.17. The number of anilines is 3. The summed E-state index contributed by atoms with van der Waals surface area (Å²) in [4.78, 5) is 17.5. The minimum atomic E-state index is -3.80. The molecule has 2 aromatic carbocycles. The lowest BCUT2D eigenvalue weighted by atomic mass is 10.1. The fraction of sp³-hybridized carbons (Fsp3) is 0.379. The van der Waals surface area contributed by atoms with Crippen molar-refractivity contribution in [3.8, 4) is 0 Å². The number of amides is 2. The number of sulfonamides is 1. The van der Waals surface area contributed by atoms with Gasteiger partial charge in [0.05, 0.1) is 11.0 Å². The summed E-state index contributed by atoms with van der Waals surface area (Å²) in [6.07, 6.45) is 6.57. The average Bonchev–Trinajstić information content (AvgIpc) is 2.94. The summed E-state index contributed by atoms with van der Waals surface area (Å²) in [6, 6.07) is 16.2. The molecular formula is C29H40N6O4S. The van der Waals surface area contributed by atoms with E-state index in [1.54, 1.807) is 42.6 Å². The summed E-state index contributed by atoms with van der Waals surface area (Å²) < 4.78 is 28.4. The Morgan fingerprint density at radius 1 is 1.00 bits per heavy atom. The van der Waals surface area contributed by atoms with Crippen LogP contribution in [0.4, 0.5) is 22.0 Å². The molecule has 7 N–H and O–H groups in total. The van der Waals surface area contributed by atoms with Crippen LogP contribution in [-0.2, 0) is 16.4 Å². The van der Waals surface area contributed by atoms with Crippen LogP contribution in [0.1, 0.15) is 56.3 Å². The van der Waals surface area contributed by atoms with Gasteiger partial charge in [0.15, 0.2) is 0 Å². The first-order valence-corrected chi connectivity index (χ1v) is 15.1. The Labute approximate surface area is 236 Å². The highest BCUT2D eigenvalue weighted by atomic mass is 32.2. The van der Waals surface area contributed by atoms with Crippen LogP contribution in [0.2, 0.25) is 0 Å². The van der Waals surface area contributed by atoms with Gasteiger partial charge in [-0.3, -0.25) is 9.62 Å². The molecule has 2 amide bonds. The maximum atomic E-state index is 12.9. The largest absolute Gasteiger partial charge is 0.387 e. The van der Waals surface area contributed by atoms with Crippen LogP contribution < -0.4 is 26.4 Å².